The zero-order valence-corrected chi connectivity index (χ0v) is 18.6. The van der Waals surface area contributed by atoms with Crippen LogP contribution in [0.3, 0.4) is 0 Å². The van der Waals surface area contributed by atoms with Crippen LogP contribution in [-0.2, 0) is 35.4 Å². The fourth-order valence-electron chi connectivity index (χ4n) is 1.85. The number of hydrogen-bond donors (Lipinski definition) is 0. The van der Waals surface area contributed by atoms with E-state index in [1.54, 1.807) is 35.3 Å². The van der Waals surface area contributed by atoms with E-state index in [-0.39, 0.29) is 21.1 Å². The van der Waals surface area contributed by atoms with Crippen LogP contribution >= 0.6 is 35.3 Å². The van der Waals surface area contributed by atoms with E-state index in [1.165, 1.54) is 0 Å². The first-order valence-electron chi connectivity index (χ1n) is 7.01. The Bertz CT molecular complexity index is 709. The summed E-state index contributed by atoms with van der Waals surface area (Å²) >= 11 is 4.75. The Morgan fingerprint density at radius 3 is 0.821 bits per heavy atom. The van der Waals surface area contributed by atoms with E-state index in [2.05, 4.69) is 35.3 Å². The molecule has 1 aliphatic rings. The zero-order valence-electron chi connectivity index (χ0n) is 14.1. The van der Waals surface area contributed by atoms with Gasteiger partial charge in [0.25, 0.3) is 0 Å². The molecule has 141 valence electrons. The van der Waals surface area contributed by atoms with E-state index < -0.39 is 0 Å². The van der Waals surface area contributed by atoms with Crippen molar-refractivity contribution in [1.82, 2.24) is 15.0 Å². The van der Waals surface area contributed by atoms with Crippen molar-refractivity contribution in [2.45, 2.75) is 30.2 Å². The first-order chi connectivity index (χ1) is 13.3. The number of hydrogen-bond acceptors (Lipinski definition) is 9. The average Bonchev–Trinajstić information content (AvgIpc) is 2.73. The quantitative estimate of drug-likeness (QED) is 0.199. The van der Waals surface area contributed by atoms with Gasteiger partial charge in [-0.25, -0.2) is 15.0 Å². The van der Waals surface area contributed by atoms with Crippen LogP contribution < -0.4 is 0 Å². The third-order valence-corrected chi connectivity index (χ3v) is 5.34. The van der Waals surface area contributed by atoms with Crippen molar-refractivity contribution < 1.29 is 35.4 Å². The molecule has 3 aromatic rings. The Labute approximate surface area is 190 Å². The van der Waals surface area contributed by atoms with Crippen LogP contribution in [-0.4, -0.2) is 35.3 Å². The Balaban J connectivity index is 0.000000957. The monoisotopic (exact) mass is 512 g/mol. The van der Waals surface area contributed by atoms with E-state index in [0.29, 0.717) is 0 Å². The van der Waals surface area contributed by atoms with Gasteiger partial charge >= 0.3 is 21.1 Å². The van der Waals surface area contributed by atoms with E-state index in [4.69, 9.17) is 14.4 Å². The van der Waals surface area contributed by atoms with Crippen LogP contribution in [0.25, 0.3) is 0 Å². The first kappa shape index (κ1) is 26.2. The van der Waals surface area contributed by atoms with Gasteiger partial charge in [0.2, 0.25) is 0 Å². The second kappa shape index (κ2) is 15.2. The molecule has 3 aromatic heterocycles. The van der Waals surface area contributed by atoms with Crippen molar-refractivity contribution in [2.75, 3.05) is 0 Å². The molecule has 0 fully saturated rings. The molecule has 0 aromatic carbocycles. The summed E-state index contributed by atoms with van der Waals surface area (Å²) in [6, 6.07) is 18.1. The smallest absolute Gasteiger partial charge is 0.545 e. The molecule has 1 radical (unpaired) electrons. The minimum atomic E-state index is 0. The van der Waals surface area contributed by atoms with Crippen LogP contribution in [0.2, 0.25) is 0 Å². The summed E-state index contributed by atoms with van der Waals surface area (Å²) in [5, 5.41) is 5.70. The van der Waals surface area contributed by atoms with Crippen molar-refractivity contribution in [2.24, 2.45) is 0 Å². The minimum Gasteiger partial charge on any atom is -0.545 e. The molecule has 0 unspecified atom stereocenters. The molecule has 28 heavy (non-hydrogen) atoms. The van der Waals surface area contributed by atoms with Crippen LogP contribution in [0.1, 0.15) is 0 Å². The number of rotatable bonds is 0. The Hall–Kier alpha value is -1.80. The minimum absolute atomic E-state index is 0. The van der Waals surface area contributed by atoms with E-state index in [9.17, 15) is 0 Å². The predicted molar refractivity (Wildman–Crippen MR) is 105 cm³/mol. The summed E-state index contributed by atoms with van der Waals surface area (Å²) in [5.74, 6) is 0. The molecule has 0 N–H and O–H groups in total. The molecule has 0 spiro atoms. The molecular formula is C18H12MoN3O3S3. The number of carbonyl (C=O) groups excluding carboxylic acids is 3. The maximum atomic E-state index is 7.75. The van der Waals surface area contributed by atoms with Crippen molar-refractivity contribution >= 4 is 55.7 Å². The maximum absolute atomic E-state index is 7.75. The first-order valence-corrected chi connectivity index (χ1v) is 9.46. The Morgan fingerprint density at radius 2 is 0.643 bits per heavy atom. The fraction of sp³-hybridized carbons (Fsp3) is 0. The summed E-state index contributed by atoms with van der Waals surface area (Å²) in [5.41, 5.74) is 0. The van der Waals surface area contributed by atoms with Gasteiger partial charge in [-0.1, -0.05) is 53.5 Å². The summed E-state index contributed by atoms with van der Waals surface area (Å²) in [6.45, 7) is 9.75. The van der Waals surface area contributed by atoms with Crippen LogP contribution in [0, 0.1) is 0 Å². The number of aromatic nitrogens is 3. The molecule has 0 atom stereocenters. The average molecular weight is 510 g/mol. The zero-order chi connectivity index (χ0) is 20.1. The molecule has 0 saturated heterocycles. The van der Waals surface area contributed by atoms with Gasteiger partial charge in [0.15, 0.2) is 0 Å². The molecule has 0 aliphatic carbocycles. The van der Waals surface area contributed by atoms with Gasteiger partial charge < -0.3 is 14.4 Å². The standard InChI is InChI=1S/C15H9N3S3.3CHO.Mo/c1-4-10-16-11(5-1)20-13-7-3-9-15(18-13)21-14-8-2-6-12(17-14)19-10;3*1-2;/h1-9H;3*1H;/q;3*-1;+3. The Kier molecular flexibility index (Phi) is 14.2. The molecule has 1 aliphatic heterocycles. The van der Waals surface area contributed by atoms with Gasteiger partial charge in [0, 0.05) is 0 Å². The van der Waals surface area contributed by atoms with Gasteiger partial charge in [-0.3, -0.25) is 20.4 Å². The van der Waals surface area contributed by atoms with Crippen LogP contribution in [0.15, 0.2) is 84.8 Å². The van der Waals surface area contributed by atoms with Crippen molar-refractivity contribution in [3.63, 3.8) is 0 Å². The molecule has 10 heteroatoms. The fourth-order valence-corrected chi connectivity index (χ4v) is 4.41. The van der Waals surface area contributed by atoms with E-state index >= 15 is 0 Å². The molecule has 6 bridgehead atoms. The van der Waals surface area contributed by atoms with Gasteiger partial charge in [0.05, 0.1) is 0 Å². The summed E-state index contributed by atoms with van der Waals surface area (Å²) in [6.07, 6.45) is 0. The number of nitrogens with zero attached hydrogens (tertiary/aromatic N) is 3. The van der Waals surface area contributed by atoms with Crippen LogP contribution in [0.4, 0.5) is 0 Å². The maximum Gasteiger partial charge on any atom is 3.00 e. The van der Waals surface area contributed by atoms with Crippen molar-refractivity contribution in [1.29, 1.82) is 0 Å². The molecule has 4 heterocycles. The SMILES string of the molecule is [CH-]=O.[CH-]=O.[CH-]=O.[Mo+3].c1cc2nc(c1)Sc1cccc(n1)Sc1cccc(n1)S2. The van der Waals surface area contributed by atoms with Gasteiger partial charge in [-0.05, 0) is 36.4 Å². The van der Waals surface area contributed by atoms with Gasteiger partial charge in [0.1, 0.15) is 30.2 Å². The largest absolute Gasteiger partial charge is 3.00 e. The van der Waals surface area contributed by atoms with Crippen molar-refractivity contribution in [3.8, 4) is 0 Å². The third kappa shape index (κ3) is 8.06. The second-order valence-corrected chi connectivity index (χ2v) is 7.37. The number of pyridine rings is 3. The Morgan fingerprint density at radius 1 is 0.464 bits per heavy atom. The molecule has 0 saturated carbocycles. The van der Waals surface area contributed by atoms with Crippen LogP contribution in [0.5, 0.6) is 0 Å². The topological polar surface area (TPSA) is 89.9 Å². The summed E-state index contributed by atoms with van der Waals surface area (Å²) in [7, 11) is 0. The molecular weight excluding hydrogens is 498 g/mol. The van der Waals surface area contributed by atoms with E-state index in [1.807, 2.05) is 54.6 Å². The molecule has 6 nitrogen and oxygen atoms in total. The van der Waals surface area contributed by atoms with E-state index in [0.717, 1.165) is 30.2 Å². The normalized spacial score (nSPS) is 10.3. The summed E-state index contributed by atoms with van der Waals surface area (Å²) < 4.78 is 0. The third-order valence-electron chi connectivity index (χ3n) is 2.72. The summed E-state index contributed by atoms with van der Waals surface area (Å²) in [4.78, 5) is 37.2. The van der Waals surface area contributed by atoms with Gasteiger partial charge in [-0.2, -0.15) is 0 Å². The predicted octanol–water partition coefficient (Wildman–Crippen LogP) is 3.81. The molecule has 0 amide bonds. The van der Waals surface area contributed by atoms with Gasteiger partial charge in [-0.15, -0.1) is 0 Å². The second-order valence-electron chi connectivity index (χ2n) is 4.25. The molecule has 4 rings (SSSR count). The number of fused-ring (bicyclic) bond motifs is 6. The van der Waals surface area contributed by atoms with Crippen molar-refractivity contribution in [3.05, 3.63) is 54.6 Å².